The first kappa shape index (κ1) is 13.4. The molecule has 88 valence electrons. The Kier molecular flexibility index (Phi) is 5.76. The van der Waals surface area contributed by atoms with E-state index in [0.29, 0.717) is 12.6 Å². The standard InChI is InChI=1S/C12H17IN2O/c1-3-9(2)14-8-12(16)15-11-6-4-10(13)5-7-11/h4-7,9,14H,3,8H2,1-2H3,(H,15,16). The molecule has 0 heterocycles. The van der Waals surface area contributed by atoms with Crippen molar-refractivity contribution in [2.75, 3.05) is 11.9 Å². The van der Waals surface area contributed by atoms with Crippen LogP contribution in [-0.4, -0.2) is 18.5 Å². The molecule has 1 aromatic carbocycles. The fraction of sp³-hybridized carbons (Fsp3) is 0.417. The van der Waals surface area contributed by atoms with E-state index < -0.39 is 0 Å². The van der Waals surface area contributed by atoms with Gasteiger partial charge in [0.25, 0.3) is 0 Å². The van der Waals surface area contributed by atoms with Crippen molar-refractivity contribution in [3.63, 3.8) is 0 Å². The molecule has 0 aliphatic carbocycles. The predicted molar refractivity (Wildman–Crippen MR) is 75.5 cm³/mol. The van der Waals surface area contributed by atoms with Crippen LogP contribution in [0.15, 0.2) is 24.3 Å². The summed E-state index contributed by atoms with van der Waals surface area (Å²) in [4.78, 5) is 11.5. The van der Waals surface area contributed by atoms with Crippen molar-refractivity contribution in [2.45, 2.75) is 26.3 Å². The fourth-order valence-corrected chi connectivity index (χ4v) is 1.51. The van der Waals surface area contributed by atoms with E-state index in [1.165, 1.54) is 0 Å². The average Bonchev–Trinajstić information content (AvgIpc) is 2.29. The Hall–Kier alpha value is -0.620. The third-order valence-electron chi connectivity index (χ3n) is 2.35. The highest BCUT2D eigenvalue weighted by Gasteiger charge is 2.04. The lowest BCUT2D eigenvalue weighted by Gasteiger charge is -2.11. The smallest absolute Gasteiger partial charge is 0.238 e. The third-order valence-corrected chi connectivity index (χ3v) is 3.07. The number of amides is 1. The molecule has 0 bridgehead atoms. The number of carbonyl (C=O) groups is 1. The number of anilines is 1. The molecule has 0 saturated carbocycles. The zero-order valence-electron chi connectivity index (χ0n) is 9.59. The van der Waals surface area contributed by atoms with Crippen molar-refractivity contribution >= 4 is 34.2 Å². The average molecular weight is 332 g/mol. The zero-order chi connectivity index (χ0) is 12.0. The Bertz CT molecular complexity index is 337. The zero-order valence-corrected chi connectivity index (χ0v) is 11.7. The van der Waals surface area contributed by atoms with Crippen molar-refractivity contribution in [1.29, 1.82) is 0 Å². The van der Waals surface area contributed by atoms with Crippen LogP contribution < -0.4 is 10.6 Å². The Morgan fingerprint density at radius 1 is 1.38 bits per heavy atom. The lowest BCUT2D eigenvalue weighted by atomic mass is 10.2. The molecule has 0 fully saturated rings. The number of nitrogens with one attached hydrogen (secondary N) is 2. The van der Waals surface area contributed by atoms with Crippen LogP contribution >= 0.6 is 22.6 Å². The van der Waals surface area contributed by atoms with E-state index in [1.54, 1.807) is 0 Å². The minimum Gasteiger partial charge on any atom is -0.325 e. The van der Waals surface area contributed by atoms with Gasteiger partial charge in [0.15, 0.2) is 0 Å². The highest BCUT2D eigenvalue weighted by molar-refractivity contribution is 14.1. The molecule has 0 aliphatic rings. The van der Waals surface area contributed by atoms with E-state index in [1.807, 2.05) is 24.3 Å². The fourth-order valence-electron chi connectivity index (χ4n) is 1.15. The van der Waals surface area contributed by atoms with Gasteiger partial charge in [-0.25, -0.2) is 0 Å². The number of hydrogen-bond donors (Lipinski definition) is 2. The first-order valence-corrected chi connectivity index (χ1v) is 6.48. The molecule has 0 saturated heterocycles. The topological polar surface area (TPSA) is 41.1 Å². The molecule has 0 aromatic heterocycles. The summed E-state index contributed by atoms with van der Waals surface area (Å²) in [6.45, 7) is 4.52. The molecule has 3 nitrogen and oxygen atoms in total. The summed E-state index contributed by atoms with van der Waals surface area (Å²) in [6.07, 6.45) is 1.02. The number of benzene rings is 1. The van der Waals surface area contributed by atoms with Gasteiger partial charge in [-0.3, -0.25) is 4.79 Å². The minimum absolute atomic E-state index is 0.00140. The first-order chi connectivity index (χ1) is 7.61. The van der Waals surface area contributed by atoms with Gasteiger partial charge >= 0.3 is 0 Å². The van der Waals surface area contributed by atoms with Crippen LogP contribution in [0.2, 0.25) is 0 Å². The van der Waals surface area contributed by atoms with Crippen LogP contribution in [0, 0.1) is 3.57 Å². The summed E-state index contributed by atoms with van der Waals surface area (Å²) in [7, 11) is 0. The Labute approximate surface area is 110 Å². The van der Waals surface area contributed by atoms with Gasteiger partial charge in [0, 0.05) is 15.3 Å². The predicted octanol–water partition coefficient (Wildman–Crippen LogP) is 2.62. The molecule has 4 heteroatoms. The number of hydrogen-bond acceptors (Lipinski definition) is 2. The Morgan fingerprint density at radius 3 is 2.56 bits per heavy atom. The third kappa shape index (κ3) is 4.94. The van der Waals surface area contributed by atoms with Crippen LogP contribution in [0.5, 0.6) is 0 Å². The normalized spacial score (nSPS) is 12.2. The van der Waals surface area contributed by atoms with Gasteiger partial charge in [-0.2, -0.15) is 0 Å². The molecule has 0 radical (unpaired) electrons. The quantitative estimate of drug-likeness (QED) is 0.814. The number of rotatable bonds is 5. The summed E-state index contributed by atoms with van der Waals surface area (Å²) < 4.78 is 1.16. The van der Waals surface area contributed by atoms with Gasteiger partial charge in [0.2, 0.25) is 5.91 Å². The van der Waals surface area contributed by atoms with E-state index in [0.717, 1.165) is 15.7 Å². The van der Waals surface area contributed by atoms with Crippen molar-refractivity contribution < 1.29 is 4.79 Å². The SMILES string of the molecule is CCC(C)NCC(=O)Nc1ccc(I)cc1. The van der Waals surface area contributed by atoms with E-state index in [4.69, 9.17) is 0 Å². The highest BCUT2D eigenvalue weighted by atomic mass is 127. The largest absolute Gasteiger partial charge is 0.325 e. The maximum absolute atomic E-state index is 11.5. The van der Waals surface area contributed by atoms with E-state index in [9.17, 15) is 4.79 Å². The molecule has 2 N–H and O–H groups in total. The highest BCUT2D eigenvalue weighted by Crippen LogP contribution is 2.10. The van der Waals surface area contributed by atoms with Crippen LogP contribution in [0.1, 0.15) is 20.3 Å². The summed E-state index contributed by atoms with van der Waals surface area (Å²) in [6, 6.07) is 8.13. The molecular formula is C12H17IN2O. The van der Waals surface area contributed by atoms with E-state index in [2.05, 4.69) is 47.1 Å². The molecule has 1 amide bonds. The molecule has 1 rings (SSSR count). The molecule has 0 aliphatic heterocycles. The van der Waals surface area contributed by atoms with Gasteiger partial charge in [0.05, 0.1) is 6.54 Å². The maximum atomic E-state index is 11.5. The molecular weight excluding hydrogens is 315 g/mol. The van der Waals surface area contributed by atoms with Gasteiger partial charge in [-0.1, -0.05) is 6.92 Å². The lowest BCUT2D eigenvalue weighted by molar-refractivity contribution is -0.115. The molecule has 1 aromatic rings. The monoisotopic (exact) mass is 332 g/mol. The molecule has 16 heavy (non-hydrogen) atoms. The minimum atomic E-state index is 0.00140. The summed E-state index contributed by atoms with van der Waals surface area (Å²) in [5.41, 5.74) is 0.844. The van der Waals surface area contributed by atoms with Crippen molar-refractivity contribution in [3.8, 4) is 0 Å². The van der Waals surface area contributed by atoms with E-state index >= 15 is 0 Å². The van der Waals surface area contributed by atoms with Gasteiger partial charge in [-0.05, 0) is 60.2 Å². The van der Waals surface area contributed by atoms with Crippen molar-refractivity contribution in [2.24, 2.45) is 0 Å². The Balaban J connectivity index is 2.37. The molecule has 1 unspecified atom stereocenters. The van der Waals surface area contributed by atoms with Crippen LogP contribution in [-0.2, 0) is 4.79 Å². The van der Waals surface area contributed by atoms with Crippen LogP contribution in [0.3, 0.4) is 0 Å². The molecule has 1 atom stereocenters. The van der Waals surface area contributed by atoms with Crippen molar-refractivity contribution in [3.05, 3.63) is 27.8 Å². The van der Waals surface area contributed by atoms with Gasteiger partial charge in [0.1, 0.15) is 0 Å². The van der Waals surface area contributed by atoms with Crippen LogP contribution in [0.4, 0.5) is 5.69 Å². The second-order valence-electron chi connectivity index (χ2n) is 3.75. The van der Waals surface area contributed by atoms with E-state index in [-0.39, 0.29) is 5.91 Å². The van der Waals surface area contributed by atoms with Gasteiger partial charge in [-0.15, -0.1) is 0 Å². The lowest BCUT2D eigenvalue weighted by Crippen LogP contribution is -2.33. The van der Waals surface area contributed by atoms with Crippen molar-refractivity contribution in [1.82, 2.24) is 5.32 Å². The molecule has 0 spiro atoms. The summed E-state index contributed by atoms with van der Waals surface area (Å²) in [5, 5.41) is 5.99. The summed E-state index contributed by atoms with van der Waals surface area (Å²) in [5.74, 6) is 0.00140. The summed E-state index contributed by atoms with van der Waals surface area (Å²) >= 11 is 2.24. The van der Waals surface area contributed by atoms with Gasteiger partial charge < -0.3 is 10.6 Å². The van der Waals surface area contributed by atoms with Crippen LogP contribution in [0.25, 0.3) is 0 Å². The second kappa shape index (κ2) is 6.85. The second-order valence-corrected chi connectivity index (χ2v) is 4.99. The first-order valence-electron chi connectivity index (χ1n) is 5.40. The Morgan fingerprint density at radius 2 is 2.00 bits per heavy atom. The number of carbonyl (C=O) groups excluding carboxylic acids is 1. The number of halogens is 1. The maximum Gasteiger partial charge on any atom is 0.238 e.